The number of carbonyl (C=O) groups is 1. The van der Waals surface area contributed by atoms with Gasteiger partial charge in [-0.15, -0.1) is 11.3 Å². The van der Waals surface area contributed by atoms with Gasteiger partial charge in [0.05, 0.1) is 46.2 Å². The number of amides is 1. The summed E-state index contributed by atoms with van der Waals surface area (Å²) in [5.74, 6) is -1.02. The first-order valence-electron chi connectivity index (χ1n) is 9.82. The molecule has 34 heavy (non-hydrogen) atoms. The van der Waals surface area contributed by atoms with Crippen molar-refractivity contribution in [2.24, 2.45) is 0 Å². The van der Waals surface area contributed by atoms with Gasteiger partial charge in [0.2, 0.25) is 0 Å². The van der Waals surface area contributed by atoms with E-state index in [-0.39, 0.29) is 23.6 Å². The minimum atomic E-state index is -4.72. The predicted octanol–water partition coefficient (Wildman–Crippen LogP) is 4.74. The number of fused-ring (bicyclic) bond motifs is 2. The third-order valence-corrected chi connectivity index (χ3v) is 5.81. The van der Waals surface area contributed by atoms with Crippen LogP contribution in [0, 0.1) is 5.82 Å². The molecule has 14 heteroatoms. The van der Waals surface area contributed by atoms with E-state index in [0.717, 1.165) is 16.6 Å². The van der Waals surface area contributed by atoms with Crippen LogP contribution in [0.1, 0.15) is 33.9 Å². The molecule has 1 aliphatic rings. The zero-order valence-electron chi connectivity index (χ0n) is 17.2. The highest BCUT2D eigenvalue weighted by Gasteiger charge is 2.35. The summed E-state index contributed by atoms with van der Waals surface area (Å²) in [6, 6.07) is 4.97. The van der Waals surface area contributed by atoms with E-state index in [1.807, 2.05) is 6.07 Å². The van der Waals surface area contributed by atoms with Crippen molar-refractivity contribution in [3.05, 3.63) is 64.7 Å². The van der Waals surface area contributed by atoms with Crippen molar-refractivity contribution in [3.8, 4) is 0 Å². The van der Waals surface area contributed by atoms with Crippen LogP contribution in [0.3, 0.4) is 0 Å². The van der Waals surface area contributed by atoms with Crippen LogP contribution in [-0.2, 0) is 19.5 Å². The first kappa shape index (κ1) is 23.7. The number of para-hydroxylation sites is 1. The Kier molecular flexibility index (Phi) is 6.59. The molecule has 0 spiro atoms. The molecule has 1 N–H and O–H groups in total. The summed E-state index contributed by atoms with van der Waals surface area (Å²) in [7, 11) is 0. The predicted molar refractivity (Wildman–Crippen MR) is 110 cm³/mol. The minimum absolute atomic E-state index is 0.126. The maximum Gasteiger partial charge on any atom is 0.408 e. The van der Waals surface area contributed by atoms with Crippen LogP contribution in [0.25, 0.3) is 10.2 Å². The van der Waals surface area contributed by atoms with Crippen LogP contribution in [0.5, 0.6) is 0 Å². The third-order valence-electron chi connectivity index (χ3n) is 5.02. The highest BCUT2D eigenvalue weighted by Crippen LogP contribution is 2.28. The van der Waals surface area contributed by atoms with Gasteiger partial charge in [-0.05, 0) is 12.1 Å². The zero-order chi connectivity index (χ0) is 24.5. The Morgan fingerprint density at radius 1 is 1.24 bits per heavy atom. The first-order chi connectivity index (χ1) is 16.1. The summed E-state index contributed by atoms with van der Waals surface area (Å²) in [5, 5.41) is 3.32. The smallest absolute Gasteiger partial charge is 0.347 e. The third kappa shape index (κ3) is 5.05. The van der Waals surface area contributed by atoms with E-state index in [4.69, 9.17) is 0 Å². The van der Waals surface area contributed by atoms with Crippen LogP contribution in [-0.4, -0.2) is 48.3 Å². The fourth-order valence-electron chi connectivity index (χ4n) is 3.49. The van der Waals surface area contributed by atoms with Crippen molar-refractivity contribution in [1.82, 2.24) is 29.6 Å². The van der Waals surface area contributed by atoms with Gasteiger partial charge in [0.25, 0.3) is 12.3 Å². The molecular weight excluding hydrogens is 486 g/mol. The number of imidazole rings is 1. The molecule has 4 aromatic rings. The first-order valence-corrected chi connectivity index (χ1v) is 10.7. The van der Waals surface area contributed by atoms with Crippen molar-refractivity contribution in [1.29, 1.82) is 0 Å². The van der Waals surface area contributed by atoms with Gasteiger partial charge in [0, 0.05) is 13.0 Å². The summed E-state index contributed by atoms with van der Waals surface area (Å²) in [6.07, 6.45) is -5.30. The lowest BCUT2D eigenvalue weighted by atomic mass is 10.1. The van der Waals surface area contributed by atoms with E-state index in [1.165, 1.54) is 28.6 Å². The summed E-state index contributed by atoms with van der Waals surface area (Å²) < 4.78 is 77.6. The number of halogens is 6. The number of hydrogen-bond donors (Lipinski definition) is 1. The molecule has 0 atom stereocenters. The molecule has 0 aliphatic carbocycles. The summed E-state index contributed by atoms with van der Waals surface area (Å²) in [6.45, 7) is -1.31. The van der Waals surface area contributed by atoms with Crippen molar-refractivity contribution < 1.29 is 31.1 Å². The lowest BCUT2D eigenvalue weighted by Crippen LogP contribution is -2.36. The van der Waals surface area contributed by atoms with Gasteiger partial charge in [0.1, 0.15) is 23.6 Å². The number of hydrogen-bond acceptors (Lipinski definition) is 5. The maximum absolute atomic E-state index is 13.2. The van der Waals surface area contributed by atoms with Gasteiger partial charge in [0.15, 0.2) is 0 Å². The molecule has 0 saturated heterocycles. The molecule has 0 unspecified atom stereocenters. The molecule has 1 aromatic carbocycles. The Morgan fingerprint density at radius 3 is 2.74 bits per heavy atom. The van der Waals surface area contributed by atoms with Crippen molar-refractivity contribution in [3.63, 3.8) is 0 Å². The normalized spacial score (nSPS) is 13.7. The lowest BCUT2D eigenvalue weighted by molar-refractivity contribution is -0.143. The summed E-state index contributed by atoms with van der Waals surface area (Å²) in [5.41, 5.74) is 2.04. The van der Waals surface area contributed by atoms with Crippen LogP contribution in [0.15, 0.2) is 36.2 Å². The molecule has 5 rings (SSSR count). The fourth-order valence-corrected chi connectivity index (χ4v) is 4.18. The number of carbonyl (C=O) groups excluding carboxylic acids is 1. The Balaban J connectivity index is 0.000000226. The van der Waals surface area contributed by atoms with E-state index in [9.17, 15) is 31.1 Å². The number of alkyl halides is 5. The van der Waals surface area contributed by atoms with Gasteiger partial charge in [-0.1, -0.05) is 6.07 Å². The number of benzene rings is 1. The van der Waals surface area contributed by atoms with Crippen molar-refractivity contribution in [2.75, 3.05) is 6.54 Å². The molecule has 4 heterocycles. The number of aromatic amines is 1. The zero-order valence-corrected chi connectivity index (χ0v) is 18.0. The molecular formula is C20H16F6N6OS. The number of rotatable bonds is 3. The number of thiazole rings is 1. The van der Waals surface area contributed by atoms with Gasteiger partial charge in [-0.2, -0.15) is 18.3 Å². The second-order valence-electron chi connectivity index (χ2n) is 7.26. The van der Waals surface area contributed by atoms with E-state index in [1.54, 1.807) is 11.6 Å². The Labute approximate surface area is 192 Å². The number of nitrogens with zero attached hydrogens (tertiary/aromatic N) is 5. The molecule has 0 fully saturated rings. The Hall–Kier alpha value is -3.42. The van der Waals surface area contributed by atoms with Crippen LogP contribution < -0.4 is 0 Å². The van der Waals surface area contributed by atoms with Gasteiger partial charge >= 0.3 is 6.18 Å². The molecule has 0 saturated carbocycles. The average molecular weight is 502 g/mol. The highest BCUT2D eigenvalue weighted by atomic mass is 32.1. The molecule has 180 valence electrons. The number of H-pyrrole nitrogens is 1. The van der Waals surface area contributed by atoms with Crippen molar-refractivity contribution in [2.45, 2.75) is 32.1 Å². The largest absolute Gasteiger partial charge is 0.408 e. The van der Waals surface area contributed by atoms with E-state index < -0.39 is 36.3 Å². The van der Waals surface area contributed by atoms with E-state index >= 15 is 0 Å². The van der Waals surface area contributed by atoms with E-state index in [0.29, 0.717) is 17.6 Å². The lowest BCUT2D eigenvalue weighted by Gasteiger charge is -2.26. The topological polar surface area (TPSA) is 79.7 Å². The van der Waals surface area contributed by atoms with Crippen LogP contribution in [0.4, 0.5) is 26.3 Å². The quantitative estimate of drug-likeness (QED) is 0.411. The highest BCUT2D eigenvalue weighted by molar-refractivity contribution is 7.16. The van der Waals surface area contributed by atoms with Gasteiger partial charge in [-0.25, -0.2) is 23.1 Å². The monoisotopic (exact) mass is 502 g/mol. The molecule has 0 radical (unpaired) electrons. The molecule has 1 amide bonds. The van der Waals surface area contributed by atoms with E-state index in [2.05, 4.69) is 20.1 Å². The standard InChI is InChI=1S/C13H12F5N5O.C7H4FNS/c14-11(15)10-7(3-21-23(10)5-13(16,17)18)12(24)22-2-1-8-9(4-22)20-6-19-8;8-5-2-1-3-6-7(5)9-4-10-6/h3,6,11H,1-2,4-5H2,(H,19,20);1-4H. The van der Waals surface area contributed by atoms with Crippen molar-refractivity contribution >= 4 is 27.5 Å². The second kappa shape index (κ2) is 9.44. The number of nitrogens with one attached hydrogen (secondary N) is 1. The average Bonchev–Trinajstić information content (AvgIpc) is 3.51. The minimum Gasteiger partial charge on any atom is -0.347 e. The SMILES string of the molecule is Fc1cccc2scnc12.O=C(c1cnn(CC(F)(F)F)c1C(F)F)N1CCc2nc[nH]c2C1. The molecule has 0 bridgehead atoms. The number of aromatic nitrogens is 5. The summed E-state index contributed by atoms with van der Waals surface area (Å²) >= 11 is 1.45. The molecule has 1 aliphatic heterocycles. The fraction of sp³-hybridized carbons (Fsp3) is 0.300. The summed E-state index contributed by atoms with van der Waals surface area (Å²) in [4.78, 5) is 24.5. The Morgan fingerprint density at radius 2 is 2.03 bits per heavy atom. The van der Waals surface area contributed by atoms with Crippen LogP contribution in [0.2, 0.25) is 0 Å². The molecule has 3 aromatic heterocycles. The molecule has 7 nitrogen and oxygen atoms in total. The Bertz CT molecular complexity index is 1300. The maximum atomic E-state index is 13.2. The van der Waals surface area contributed by atoms with Crippen LogP contribution >= 0.6 is 11.3 Å². The second-order valence-corrected chi connectivity index (χ2v) is 8.15. The van der Waals surface area contributed by atoms with Gasteiger partial charge in [-0.3, -0.25) is 9.48 Å². The van der Waals surface area contributed by atoms with Gasteiger partial charge < -0.3 is 9.88 Å².